The fourth-order valence-electron chi connectivity index (χ4n) is 2.60. The van der Waals surface area contributed by atoms with E-state index in [1.54, 1.807) is 12.1 Å². The lowest BCUT2D eigenvalue weighted by molar-refractivity contribution is -0.118. The Balaban J connectivity index is 2.05. The minimum Gasteiger partial charge on any atom is -0.481 e. The maximum atomic E-state index is 12.1. The van der Waals surface area contributed by atoms with Crippen LogP contribution in [0.25, 0.3) is 0 Å². The van der Waals surface area contributed by atoms with Crippen molar-refractivity contribution in [3.05, 3.63) is 17.7 Å². The molecule has 7 nitrogen and oxygen atoms in total. The Morgan fingerprint density at radius 2 is 1.83 bits per heavy atom. The summed E-state index contributed by atoms with van der Waals surface area (Å²) in [4.78, 5) is 23.7. The Bertz CT molecular complexity index is 699. The summed E-state index contributed by atoms with van der Waals surface area (Å²) < 4.78 is 22.2. The predicted octanol–water partition coefficient (Wildman–Crippen LogP) is 1.10. The minimum absolute atomic E-state index is 0.146. The molecule has 24 heavy (non-hydrogen) atoms. The van der Waals surface area contributed by atoms with Gasteiger partial charge in [0.1, 0.15) is 5.56 Å². The molecular weight excluding hydrogens is 313 g/mol. The monoisotopic (exact) mass is 333 g/mol. The largest absolute Gasteiger partial charge is 0.494 e. The van der Waals surface area contributed by atoms with Gasteiger partial charge in [0.05, 0.1) is 24.0 Å². The van der Waals surface area contributed by atoms with Gasteiger partial charge in [-0.3, -0.25) is 4.79 Å². The average Bonchev–Trinajstić information content (AvgIpc) is 2.73. The van der Waals surface area contributed by atoms with Gasteiger partial charge in [-0.2, -0.15) is 0 Å². The Hall–Kier alpha value is -2.06. The van der Waals surface area contributed by atoms with Gasteiger partial charge in [-0.15, -0.1) is 0 Å². The van der Waals surface area contributed by atoms with Crippen molar-refractivity contribution in [2.75, 3.05) is 19.0 Å². The molecule has 0 aromatic heterocycles. The molecule has 3 rings (SSSR count). The highest BCUT2D eigenvalue weighted by Gasteiger charge is 2.52. The molecule has 128 valence electrons. The number of rotatable bonds is 2. The molecule has 2 heterocycles. The Morgan fingerprint density at radius 1 is 1.21 bits per heavy atom. The van der Waals surface area contributed by atoms with Crippen molar-refractivity contribution >= 4 is 30.1 Å². The first-order chi connectivity index (χ1) is 11.1. The molecule has 8 heteroatoms. The van der Waals surface area contributed by atoms with E-state index in [0.29, 0.717) is 16.9 Å². The third-order valence-electron chi connectivity index (χ3n) is 4.66. The molecule has 1 aromatic carbocycles. The number of hydrogen-bond acceptors (Lipinski definition) is 6. The van der Waals surface area contributed by atoms with Gasteiger partial charge in [0.15, 0.2) is 12.4 Å². The molecule has 2 aliphatic heterocycles. The first-order valence-corrected chi connectivity index (χ1v) is 7.69. The van der Waals surface area contributed by atoms with Crippen molar-refractivity contribution in [1.82, 2.24) is 0 Å². The van der Waals surface area contributed by atoms with Crippen LogP contribution in [0.3, 0.4) is 0 Å². The molecule has 0 saturated carbocycles. The van der Waals surface area contributed by atoms with Crippen LogP contribution in [0.5, 0.6) is 5.75 Å². The zero-order valence-corrected chi connectivity index (χ0v) is 14.4. The number of esters is 1. The molecule has 0 unspecified atom stereocenters. The van der Waals surface area contributed by atoms with E-state index in [1.807, 2.05) is 27.7 Å². The topological polar surface area (TPSA) is 83.1 Å². The number of carbonyl (C=O) groups is 2. The number of benzene rings is 1. The Labute approximate surface area is 140 Å². The second-order valence-corrected chi connectivity index (χ2v) is 6.86. The molecule has 1 fully saturated rings. The van der Waals surface area contributed by atoms with Crippen LogP contribution < -0.4 is 15.5 Å². The van der Waals surface area contributed by atoms with Crippen LogP contribution in [0.2, 0.25) is 0 Å². The highest BCUT2D eigenvalue weighted by atomic mass is 16.7. The Morgan fingerprint density at radius 3 is 2.42 bits per heavy atom. The van der Waals surface area contributed by atoms with Gasteiger partial charge in [-0.1, -0.05) is 0 Å². The normalized spacial score (nSPS) is 20.9. The lowest BCUT2D eigenvalue weighted by atomic mass is 9.77. The van der Waals surface area contributed by atoms with Crippen LogP contribution in [-0.2, 0) is 18.8 Å². The molecule has 0 atom stereocenters. The van der Waals surface area contributed by atoms with E-state index in [4.69, 9.17) is 18.8 Å². The molecule has 0 spiro atoms. The quantitative estimate of drug-likeness (QED) is 0.645. The lowest BCUT2D eigenvalue weighted by Crippen LogP contribution is -2.41. The van der Waals surface area contributed by atoms with Crippen molar-refractivity contribution in [1.29, 1.82) is 0 Å². The molecule has 0 radical (unpaired) electrons. The van der Waals surface area contributed by atoms with Gasteiger partial charge in [0.2, 0.25) is 0 Å². The summed E-state index contributed by atoms with van der Waals surface area (Å²) in [5, 5.41) is 2.70. The van der Waals surface area contributed by atoms with Crippen molar-refractivity contribution < 1.29 is 28.4 Å². The molecule has 0 aliphatic carbocycles. The summed E-state index contributed by atoms with van der Waals surface area (Å²) in [6, 6.07) is 3.31. The van der Waals surface area contributed by atoms with Crippen molar-refractivity contribution in [2.24, 2.45) is 0 Å². The van der Waals surface area contributed by atoms with E-state index in [1.165, 1.54) is 7.11 Å². The van der Waals surface area contributed by atoms with Crippen LogP contribution in [0, 0.1) is 0 Å². The summed E-state index contributed by atoms with van der Waals surface area (Å²) in [5.41, 5.74) is 0.203. The third-order valence-corrected chi connectivity index (χ3v) is 4.66. The van der Waals surface area contributed by atoms with E-state index >= 15 is 0 Å². The minimum atomic E-state index is -0.664. The van der Waals surface area contributed by atoms with Crippen molar-refractivity contribution in [3.8, 4) is 5.75 Å². The smallest absolute Gasteiger partial charge is 0.481 e. The first-order valence-electron chi connectivity index (χ1n) is 7.69. The second kappa shape index (κ2) is 5.49. The summed E-state index contributed by atoms with van der Waals surface area (Å²) >= 11 is 0. The van der Waals surface area contributed by atoms with Crippen molar-refractivity contribution in [3.63, 3.8) is 0 Å². The van der Waals surface area contributed by atoms with Gasteiger partial charge in [-0.05, 0) is 45.3 Å². The van der Waals surface area contributed by atoms with Crippen LogP contribution in [-0.4, -0.2) is 43.9 Å². The van der Waals surface area contributed by atoms with Crippen LogP contribution in [0.4, 0.5) is 5.69 Å². The predicted molar refractivity (Wildman–Crippen MR) is 87.6 cm³/mol. The highest BCUT2D eigenvalue weighted by molar-refractivity contribution is 6.62. The van der Waals surface area contributed by atoms with Gasteiger partial charge in [-0.25, -0.2) is 4.79 Å². The van der Waals surface area contributed by atoms with E-state index in [2.05, 4.69) is 5.32 Å². The summed E-state index contributed by atoms with van der Waals surface area (Å²) in [5.74, 6) is -0.549. The van der Waals surface area contributed by atoms with E-state index in [-0.39, 0.29) is 18.1 Å². The average molecular weight is 333 g/mol. The third kappa shape index (κ3) is 2.65. The summed E-state index contributed by atoms with van der Waals surface area (Å²) in [6.45, 7) is 7.62. The number of hydrogen-bond donors (Lipinski definition) is 1. The standard InChI is InChI=1S/C16H20BNO6/c1-15(2)16(3,4)24-17(23-15)9-6-10(14(20)21-5)13-11(7-9)18-12(19)8-22-13/h6-7H,8H2,1-5H3,(H,18,19). The van der Waals surface area contributed by atoms with Gasteiger partial charge >= 0.3 is 13.1 Å². The van der Waals surface area contributed by atoms with Crippen molar-refractivity contribution in [2.45, 2.75) is 38.9 Å². The first kappa shape index (κ1) is 16.8. The molecule has 1 amide bonds. The SMILES string of the molecule is COC(=O)c1cc(B2OC(C)(C)C(C)(C)O2)cc2c1OCC(=O)N2. The zero-order chi connectivity index (χ0) is 17.7. The number of amides is 1. The maximum Gasteiger partial charge on any atom is 0.494 e. The molecule has 0 bridgehead atoms. The van der Waals surface area contributed by atoms with Crippen LogP contribution in [0.1, 0.15) is 38.1 Å². The molecular formula is C16H20BNO6. The zero-order valence-electron chi connectivity index (χ0n) is 14.4. The van der Waals surface area contributed by atoms with Crippen LogP contribution in [0.15, 0.2) is 12.1 Å². The van der Waals surface area contributed by atoms with E-state index in [9.17, 15) is 9.59 Å². The van der Waals surface area contributed by atoms with E-state index in [0.717, 1.165) is 0 Å². The van der Waals surface area contributed by atoms with Gasteiger partial charge in [0, 0.05) is 0 Å². The maximum absolute atomic E-state index is 12.1. The fourth-order valence-corrected chi connectivity index (χ4v) is 2.60. The molecule has 2 aliphatic rings. The molecule has 1 N–H and O–H groups in total. The number of fused-ring (bicyclic) bond motifs is 1. The Kier molecular flexibility index (Phi) is 3.84. The fraction of sp³-hybridized carbons (Fsp3) is 0.500. The molecule has 1 aromatic rings. The highest BCUT2D eigenvalue weighted by Crippen LogP contribution is 2.38. The van der Waals surface area contributed by atoms with Gasteiger partial charge < -0.3 is 24.1 Å². The van der Waals surface area contributed by atoms with E-state index < -0.39 is 24.3 Å². The summed E-state index contributed by atoms with van der Waals surface area (Å²) in [7, 11) is 0.625. The second-order valence-electron chi connectivity index (χ2n) is 6.86. The van der Waals surface area contributed by atoms with Gasteiger partial charge in [0.25, 0.3) is 5.91 Å². The lowest BCUT2D eigenvalue weighted by Gasteiger charge is -2.32. The van der Waals surface area contributed by atoms with Crippen LogP contribution >= 0.6 is 0 Å². The number of carbonyl (C=O) groups excluding carboxylic acids is 2. The number of ether oxygens (including phenoxy) is 2. The number of methoxy groups -OCH3 is 1. The number of anilines is 1. The molecule has 1 saturated heterocycles. The number of nitrogens with one attached hydrogen (secondary N) is 1. The summed E-state index contributed by atoms with van der Waals surface area (Å²) in [6.07, 6.45) is 0.